The summed E-state index contributed by atoms with van der Waals surface area (Å²) in [6, 6.07) is 11.4. The van der Waals surface area contributed by atoms with E-state index in [4.69, 9.17) is 9.15 Å². The van der Waals surface area contributed by atoms with E-state index in [0.717, 1.165) is 27.9 Å². The molecule has 0 radical (unpaired) electrons. The Labute approximate surface area is 134 Å². The quantitative estimate of drug-likeness (QED) is 0.791. The van der Waals surface area contributed by atoms with E-state index in [1.807, 2.05) is 50.2 Å². The lowest BCUT2D eigenvalue weighted by Crippen LogP contribution is -2.07. The maximum Gasteiger partial charge on any atom is 0.233 e. The molecule has 0 aliphatic rings. The Kier molecular flexibility index (Phi) is 4.02. The number of aryl methyl sites for hydroxylation is 2. The lowest BCUT2D eigenvalue weighted by Gasteiger charge is -2.09. The van der Waals surface area contributed by atoms with Gasteiger partial charge in [0.2, 0.25) is 11.8 Å². The SMILES string of the molecule is CC(=O)Nc1ccc(OCc2nc3cc(C)ccc3o2)cc1C. The van der Waals surface area contributed by atoms with Crippen LogP contribution in [-0.2, 0) is 11.4 Å². The largest absolute Gasteiger partial charge is 0.484 e. The van der Waals surface area contributed by atoms with Crippen molar-refractivity contribution >= 4 is 22.7 Å². The number of hydrogen-bond acceptors (Lipinski definition) is 4. The maximum atomic E-state index is 11.1. The highest BCUT2D eigenvalue weighted by Crippen LogP contribution is 2.23. The molecule has 0 aliphatic carbocycles. The normalized spacial score (nSPS) is 10.7. The van der Waals surface area contributed by atoms with Gasteiger partial charge in [-0.1, -0.05) is 6.07 Å². The van der Waals surface area contributed by atoms with E-state index in [0.29, 0.717) is 11.6 Å². The Bertz CT molecular complexity index is 868. The van der Waals surface area contributed by atoms with E-state index in [-0.39, 0.29) is 12.5 Å². The number of rotatable bonds is 4. The Morgan fingerprint density at radius 3 is 2.78 bits per heavy atom. The number of amides is 1. The molecule has 3 rings (SSSR count). The van der Waals surface area contributed by atoms with Crippen molar-refractivity contribution in [2.24, 2.45) is 0 Å². The molecule has 23 heavy (non-hydrogen) atoms. The standard InChI is InChI=1S/C18H18N2O3/c1-11-4-7-17-16(8-11)20-18(23-17)10-22-14-5-6-15(12(2)9-14)19-13(3)21/h4-9H,10H2,1-3H3,(H,19,21). The van der Waals surface area contributed by atoms with Crippen molar-refractivity contribution in [1.82, 2.24) is 4.98 Å². The van der Waals surface area contributed by atoms with Gasteiger partial charge in [-0.2, -0.15) is 0 Å². The van der Waals surface area contributed by atoms with Crippen LogP contribution in [0.2, 0.25) is 0 Å². The smallest absolute Gasteiger partial charge is 0.233 e. The highest BCUT2D eigenvalue weighted by atomic mass is 16.5. The molecule has 0 saturated carbocycles. The van der Waals surface area contributed by atoms with Crippen LogP contribution in [0.4, 0.5) is 5.69 Å². The number of nitrogens with zero attached hydrogens (tertiary/aromatic N) is 1. The zero-order valence-corrected chi connectivity index (χ0v) is 13.3. The number of carbonyl (C=O) groups is 1. The molecule has 1 heterocycles. The van der Waals surface area contributed by atoms with Crippen LogP contribution in [0.15, 0.2) is 40.8 Å². The minimum atomic E-state index is -0.0939. The Balaban J connectivity index is 1.71. The fraction of sp³-hybridized carbons (Fsp3) is 0.222. The van der Waals surface area contributed by atoms with E-state index < -0.39 is 0 Å². The van der Waals surface area contributed by atoms with Crippen molar-refractivity contribution in [3.8, 4) is 5.75 Å². The molecule has 0 fully saturated rings. The molecule has 0 bridgehead atoms. The first-order valence-corrected chi connectivity index (χ1v) is 7.38. The number of ether oxygens (including phenoxy) is 1. The van der Waals surface area contributed by atoms with Crippen LogP contribution in [-0.4, -0.2) is 10.9 Å². The van der Waals surface area contributed by atoms with Gasteiger partial charge in [0.25, 0.3) is 0 Å². The van der Waals surface area contributed by atoms with Crippen LogP contribution in [0.1, 0.15) is 23.9 Å². The van der Waals surface area contributed by atoms with Crippen LogP contribution in [0, 0.1) is 13.8 Å². The number of oxazole rings is 1. The first-order chi connectivity index (χ1) is 11.0. The molecule has 0 saturated heterocycles. The number of hydrogen-bond donors (Lipinski definition) is 1. The zero-order chi connectivity index (χ0) is 16.4. The Hall–Kier alpha value is -2.82. The molecule has 1 N–H and O–H groups in total. The van der Waals surface area contributed by atoms with E-state index in [2.05, 4.69) is 10.3 Å². The monoisotopic (exact) mass is 310 g/mol. The molecule has 2 aromatic carbocycles. The average Bonchev–Trinajstić information content (AvgIpc) is 2.89. The molecular formula is C18H18N2O3. The lowest BCUT2D eigenvalue weighted by molar-refractivity contribution is -0.114. The number of carbonyl (C=O) groups excluding carboxylic acids is 1. The zero-order valence-electron chi connectivity index (χ0n) is 13.3. The van der Waals surface area contributed by atoms with Crippen LogP contribution >= 0.6 is 0 Å². The van der Waals surface area contributed by atoms with Crippen LogP contribution < -0.4 is 10.1 Å². The molecule has 1 amide bonds. The molecule has 0 spiro atoms. The third-order valence-electron chi connectivity index (χ3n) is 3.46. The minimum absolute atomic E-state index is 0.0939. The lowest BCUT2D eigenvalue weighted by atomic mass is 10.2. The molecule has 5 heteroatoms. The van der Waals surface area contributed by atoms with E-state index >= 15 is 0 Å². The molecular weight excluding hydrogens is 292 g/mol. The second kappa shape index (κ2) is 6.12. The van der Waals surface area contributed by atoms with Gasteiger partial charge in [0, 0.05) is 12.6 Å². The summed E-state index contributed by atoms with van der Waals surface area (Å²) in [6.07, 6.45) is 0. The fourth-order valence-corrected chi connectivity index (χ4v) is 2.35. The second-order valence-electron chi connectivity index (χ2n) is 5.53. The van der Waals surface area contributed by atoms with Gasteiger partial charge >= 0.3 is 0 Å². The average molecular weight is 310 g/mol. The van der Waals surface area contributed by atoms with Crippen LogP contribution in [0.5, 0.6) is 5.75 Å². The summed E-state index contributed by atoms with van der Waals surface area (Å²) >= 11 is 0. The van der Waals surface area contributed by atoms with Crippen molar-refractivity contribution in [2.75, 3.05) is 5.32 Å². The molecule has 1 aromatic heterocycles. The molecule has 3 aromatic rings. The summed E-state index contributed by atoms with van der Waals surface area (Å²) < 4.78 is 11.4. The first kappa shape index (κ1) is 15.1. The van der Waals surface area contributed by atoms with Gasteiger partial charge < -0.3 is 14.5 Å². The van der Waals surface area contributed by atoms with Crippen molar-refractivity contribution < 1.29 is 13.9 Å². The molecule has 0 aliphatic heterocycles. The summed E-state index contributed by atoms with van der Waals surface area (Å²) in [6.45, 7) is 5.68. The summed E-state index contributed by atoms with van der Waals surface area (Å²) in [5.74, 6) is 1.15. The maximum absolute atomic E-state index is 11.1. The van der Waals surface area contributed by atoms with E-state index in [1.54, 1.807) is 0 Å². The molecule has 5 nitrogen and oxygen atoms in total. The first-order valence-electron chi connectivity index (χ1n) is 7.38. The van der Waals surface area contributed by atoms with Gasteiger partial charge in [0.05, 0.1) is 0 Å². The predicted octanol–water partition coefficient (Wildman–Crippen LogP) is 3.98. The number of anilines is 1. The van der Waals surface area contributed by atoms with E-state index in [9.17, 15) is 4.79 Å². The fourth-order valence-electron chi connectivity index (χ4n) is 2.35. The summed E-state index contributed by atoms with van der Waals surface area (Å²) in [5, 5.41) is 2.77. The van der Waals surface area contributed by atoms with Gasteiger partial charge in [0.15, 0.2) is 12.2 Å². The van der Waals surface area contributed by atoms with Crippen molar-refractivity contribution in [1.29, 1.82) is 0 Å². The number of fused-ring (bicyclic) bond motifs is 1. The number of benzene rings is 2. The van der Waals surface area contributed by atoms with Crippen LogP contribution in [0.3, 0.4) is 0 Å². The Morgan fingerprint density at radius 1 is 1.22 bits per heavy atom. The van der Waals surface area contributed by atoms with Crippen LogP contribution in [0.25, 0.3) is 11.1 Å². The number of nitrogens with one attached hydrogen (secondary N) is 1. The Morgan fingerprint density at radius 2 is 2.04 bits per heavy atom. The van der Waals surface area contributed by atoms with Crippen molar-refractivity contribution in [3.05, 3.63) is 53.4 Å². The molecule has 0 atom stereocenters. The molecule has 118 valence electrons. The van der Waals surface area contributed by atoms with Gasteiger partial charge in [-0.15, -0.1) is 0 Å². The highest BCUT2D eigenvalue weighted by molar-refractivity contribution is 5.89. The third kappa shape index (κ3) is 3.51. The van der Waals surface area contributed by atoms with E-state index in [1.165, 1.54) is 6.92 Å². The summed E-state index contributed by atoms with van der Waals surface area (Å²) in [7, 11) is 0. The number of aromatic nitrogens is 1. The highest BCUT2D eigenvalue weighted by Gasteiger charge is 2.08. The molecule has 0 unspecified atom stereocenters. The topological polar surface area (TPSA) is 64.4 Å². The van der Waals surface area contributed by atoms with Crippen molar-refractivity contribution in [3.63, 3.8) is 0 Å². The minimum Gasteiger partial charge on any atom is -0.484 e. The summed E-state index contributed by atoms with van der Waals surface area (Å²) in [4.78, 5) is 15.5. The predicted molar refractivity (Wildman–Crippen MR) is 88.6 cm³/mol. The van der Waals surface area contributed by atoms with Gasteiger partial charge in [-0.25, -0.2) is 4.98 Å². The van der Waals surface area contributed by atoms with Gasteiger partial charge in [-0.05, 0) is 55.3 Å². The van der Waals surface area contributed by atoms with Gasteiger partial charge in [-0.3, -0.25) is 4.79 Å². The third-order valence-corrected chi connectivity index (χ3v) is 3.46. The summed E-state index contributed by atoms with van der Waals surface area (Å²) in [5.41, 5.74) is 4.45. The van der Waals surface area contributed by atoms with Crippen molar-refractivity contribution in [2.45, 2.75) is 27.4 Å². The van der Waals surface area contributed by atoms with Gasteiger partial charge in [0.1, 0.15) is 11.3 Å². The second-order valence-corrected chi connectivity index (χ2v) is 5.53.